The normalized spacial score (nSPS) is 19.5. The SMILES string of the molecule is C#Cc1ccc2[nH]c(S(=O)(=O)N3CCN(C(=O)c4nc5c(s4)CN(C)N(C)C5)C(CCC#N)C3)cc2c1. The van der Waals surface area contributed by atoms with Gasteiger partial charge in [0.15, 0.2) is 5.01 Å². The fraction of sp³-hybridized carbons (Fsp3) is 0.400. The predicted octanol–water partition coefficient (Wildman–Crippen LogP) is 2.22. The maximum absolute atomic E-state index is 13.5. The smallest absolute Gasteiger partial charge is 0.283 e. The minimum Gasteiger partial charge on any atom is -0.345 e. The Bertz CT molecular complexity index is 1520. The highest BCUT2D eigenvalue weighted by Gasteiger charge is 2.38. The number of rotatable bonds is 5. The number of hydrogen-bond acceptors (Lipinski definition) is 8. The van der Waals surface area contributed by atoms with E-state index >= 15 is 0 Å². The molecule has 3 aromatic rings. The number of fused-ring (bicyclic) bond motifs is 2. The van der Waals surface area contributed by atoms with Crippen LogP contribution in [0.15, 0.2) is 29.3 Å². The van der Waals surface area contributed by atoms with Gasteiger partial charge in [0, 0.05) is 74.1 Å². The van der Waals surface area contributed by atoms with Crippen LogP contribution in [0.4, 0.5) is 0 Å². The van der Waals surface area contributed by atoms with Crippen molar-refractivity contribution in [1.82, 2.24) is 29.2 Å². The number of aromatic amines is 1. The summed E-state index contributed by atoms with van der Waals surface area (Å²) in [5, 5.41) is 14.5. The number of aromatic nitrogens is 2. The van der Waals surface area contributed by atoms with Gasteiger partial charge < -0.3 is 9.88 Å². The number of piperazine rings is 1. The van der Waals surface area contributed by atoms with Crippen LogP contribution in [0.25, 0.3) is 10.9 Å². The standard InChI is InChI=1S/C25H27N7O3S2/c1-4-17-7-8-20-18(12-17)13-23(27-20)37(34,35)31-10-11-32(19(14-31)6-5-9-26)25(33)24-28-21-15-29(2)30(3)16-22(21)36-24/h1,7-8,12-13,19,27H,5-6,10-11,14-16H2,2-3H3. The second-order valence-corrected chi connectivity index (χ2v) is 12.3. The number of hydrazine groups is 1. The van der Waals surface area contributed by atoms with Crippen LogP contribution in [0, 0.1) is 23.7 Å². The van der Waals surface area contributed by atoms with Crippen LogP contribution in [-0.2, 0) is 23.1 Å². The number of carbonyl (C=O) groups is 1. The van der Waals surface area contributed by atoms with Gasteiger partial charge in [0.2, 0.25) is 0 Å². The third-order valence-corrected chi connectivity index (χ3v) is 9.83. The highest BCUT2D eigenvalue weighted by Crippen LogP contribution is 2.30. The van der Waals surface area contributed by atoms with Crippen LogP contribution in [0.1, 0.15) is 38.8 Å². The minimum absolute atomic E-state index is 0.0799. The first kappa shape index (κ1) is 25.4. The average Bonchev–Trinajstić information content (AvgIpc) is 3.51. The molecule has 2 aromatic heterocycles. The summed E-state index contributed by atoms with van der Waals surface area (Å²) in [5.41, 5.74) is 2.24. The van der Waals surface area contributed by atoms with E-state index in [1.54, 1.807) is 29.2 Å². The number of hydrogen-bond donors (Lipinski definition) is 1. The lowest BCUT2D eigenvalue weighted by molar-refractivity contribution is -0.00173. The fourth-order valence-electron chi connectivity index (χ4n) is 4.78. The van der Waals surface area contributed by atoms with Crippen molar-refractivity contribution in [3.63, 3.8) is 0 Å². The van der Waals surface area contributed by atoms with Crippen molar-refractivity contribution in [3.05, 3.63) is 45.4 Å². The molecule has 1 atom stereocenters. The average molecular weight is 538 g/mol. The van der Waals surface area contributed by atoms with E-state index in [-0.39, 0.29) is 37.0 Å². The van der Waals surface area contributed by atoms with E-state index in [4.69, 9.17) is 6.42 Å². The Kier molecular flexibility index (Phi) is 6.79. The third-order valence-electron chi connectivity index (χ3n) is 6.97. The highest BCUT2D eigenvalue weighted by molar-refractivity contribution is 7.89. The molecule has 0 aliphatic carbocycles. The van der Waals surface area contributed by atoms with Crippen molar-refractivity contribution in [3.8, 4) is 18.4 Å². The van der Waals surface area contributed by atoms with Gasteiger partial charge in [-0.15, -0.1) is 17.8 Å². The Balaban J connectivity index is 1.38. The Morgan fingerprint density at radius 1 is 1.24 bits per heavy atom. The van der Waals surface area contributed by atoms with Gasteiger partial charge in [0.1, 0.15) is 5.03 Å². The maximum Gasteiger partial charge on any atom is 0.283 e. The van der Waals surface area contributed by atoms with E-state index in [9.17, 15) is 18.5 Å². The molecule has 0 spiro atoms. The van der Waals surface area contributed by atoms with Crippen LogP contribution in [0.2, 0.25) is 0 Å². The molecule has 2 aliphatic rings. The number of H-pyrrole nitrogens is 1. The third kappa shape index (κ3) is 4.75. The summed E-state index contributed by atoms with van der Waals surface area (Å²) >= 11 is 1.39. The van der Waals surface area contributed by atoms with Crippen LogP contribution in [-0.4, -0.2) is 83.3 Å². The Morgan fingerprint density at radius 2 is 2.03 bits per heavy atom. The first-order valence-corrected chi connectivity index (χ1v) is 14.1. The first-order chi connectivity index (χ1) is 17.7. The molecule has 0 saturated carbocycles. The fourth-order valence-corrected chi connectivity index (χ4v) is 7.33. The maximum atomic E-state index is 13.5. The topological polar surface area (TPSA) is 117 Å². The lowest BCUT2D eigenvalue weighted by atomic mass is 10.1. The molecule has 12 heteroatoms. The predicted molar refractivity (Wildman–Crippen MR) is 140 cm³/mol. The van der Waals surface area contributed by atoms with E-state index in [0.717, 1.165) is 10.6 Å². The van der Waals surface area contributed by atoms with Crippen LogP contribution >= 0.6 is 11.3 Å². The van der Waals surface area contributed by atoms with Crippen LogP contribution < -0.4 is 0 Å². The summed E-state index contributed by atoms with van der Waals surface area (Å²) in [5.74, 6) is 2.35. The molecule has 1 fully saturated rings. The molecule has 0 radical (unpaired) electrons. The Morgan fingerprint density at radius 3 is 2.78 bits per heavy atom. The Labute approximate surface area is 220 Å². The summed E-state index contributed by atoms with van der Waals surface area (Å²) in [6, 6.07) is 8.56. The van der Waals surface area contributed by atoms with E-state index in [1.165, 1.54) is 15.6 Å². The van der Waals surface area contributed by atoms with Gasteiger partial charge in [-0.1, -0.05) is 5.92 Å². The monoisotopic (exact) mass is 537 g/mol. The Hall–Kier alpha value is -3.26. The second kappa shape index (κ2) is 9.89. The molecule has 5 rings (SSSR count). The van der Waals surface area contributed by atoms with Crippen molar-refractivity contribution in [2.75, 3.05) is 33.7 Å². The molecule has 1 amide bonds. The number of terminal acetylenes is 1. The molecule has 37 heavy (non-hydrogen) atoms. The minimum atomic E-state index is -3.85. The molecular formula is C25H27N7O3S2. The highest BCUT2D eigenvalue weighted by atomic mass is 32.2. The van der Waals surface area contributed by atoms with E-state index in [2.05, 4.69) is 27.0 Å². The molecule has 1 aromatic carbocycles. The van der Waals surface area contributed by atoms with E-state index in [0.29, 0.717) is 41.0 Å². The van der Waals surface area contributed by atoms with Gasteiger partial charge in [-0.2, -0.15) is 9.57 Å². The molecular weight excluding hydrogens is 510 g/mol. The molecule has 4 heterocycles. The molecule has 1 N–H and O–H groups in total. The molecule has 2 aliphatic heterocycles. The van der Waals surface area contributed by atoms with Gasteiger partial charge in [0.25, 0.3) is 15.9 Å². The van der Waals surface area contributed by atoms with Gasteiger partial charge in [0.05, 0.1) is 18.3 Å². The lowest BCUT2D eigenvalue weighted by Crippen LogP contribution is -2.56. The number of nitriles is 1. The van der Waals surface area contributed by atoms with Gasteiger partial charge >= 0.3 is 0 Å². The summed E-state index contributed by atoms with van der Waals surface area (Å²) < 4.78 is 28.5. The molecule has 1 saturated heterocycles. The summed E-state index contributed by atoms with van der Waals surface area (Å²) in [6.45, 7) is 1.80. The molecule has 0 bridgehead atoms. The lowest BCUT2D eigenvalue weighted by Gasteiger charge is -2.40. The molecule has 192 valence electrons. The largest absolute Gasteiger partial charge is 0.345 e. The van der Waals surface area contributed by atoms with Crippen molar-refractivity contribution < 1.29 is 13.2 Å². The zero-order valence-corrected chi connectivity index (χ0v) is 22.3. The number of amides is 1. The van der Waals surface area contributed by atoms with E-state index in [1.807, 2.05) is 19.1 Å². The van der Waals surface area contributed by atoms with Crippen molar-refractivity contribution in [2.24, 2.45) is 0 Å². The van der Waals surface area contributed by atoms with E-state index < -0.39 is 16.1 Å². The van der Waals surface area contributed by atoms with Gasteiger partial charge in [-0.25, -0.2) is 23.4 Å². The summed E-state index contributed by atoms with van der Waals surface area (Å²) in [6.07, 6.45) is 6.07. The van der Waals surface area contributed by atoms with Crippen molar-refractivity contribution in [1.29, 1.82) is 5.26 Å². The summed E-state index contributed by atoms with van der Waals surface area (Å²) in [7, 11) is 0.115. The van der Waals surface area contributed by atoms with Gasteiger partial charge in [-0.05, 0) is 30.7 Å². The first-order valence-electron chi connectivity index (χ1n) is 11.9. The number of carbonyl (C=O) groups excluding carboxylic acids is 1. The number of nitrogens with zero attached hydrogens (tertiary/aromatic N) is 6. The summed E-state index contributed by atoms with van der Waals surface area (Å²) in [4.78, 5) is 23.9. The van der Waals surface area contributed by atoms with Crippen LogP contribution in [0.5, 0.6) is 0 Å². The zero-order valence-electron chi connectivity index (χ0n) is 20.6. The zero-order chi connectivity index (χ0) is 26.3. The number of nitrogens with one attached hydrogen (secondary N) is 1. The van der Waals surface area contributed by atoms with Gasteiger partial charge in [-0.3, -0.25) is 4.79 Å². The van der Waals surface area contributed by atoms with Crippen molar-refractivity contribution >= 4 is 38.2 Å². The number of sulfonamides is 1. The van der Waals surface area contributed by atoms with Crippen molar-refractivity contribution in [2.45, 2.75) is 37.0 Å². The molecule has 1 unspecified atom stereocenters. The quantitative estimate of drug-likeness (QED) is 0.496. The second-order valence-electron chi connectivity index (χ2n) is 9.31. The molecule has 10 nitrogen and oxygen atoms in total. The number of thiazole rings is 1. The van der Waals surface area contributed by atoms with Crippen LogP contribution in [0.3, 0.4) is 0 Å². The number of benzene rings is 1.